The van der Waals surface area contributed by atoms with Gasteiger partial charge in [-0.05, 0) is 37.2 Å². The van der Waals surface area contributed by atoms with Crippen LogP contribution in [-0.2, 0) is 6.42 Å². The molecule has 0 aliphatic carbocycles. The monoisotopic (exact) mass is 299 g/mol. The molecular formula is C17H21N3O2. The van der Waals surface area contributed by atoms with Gasteiger partial charge in [0.05, 0.1) is 5.52 Å². The number of aromatic nitrogens is 1. The third-order valence-electron chi connectivity index (χ3n) is 4.30. The second-order valence-corrected chi connectivity index (χ2v) is 5.84. The number of fused-ring (bicyclic) bond motifs is 1. The van der Waals surface area contributed by atoms with Crippen molar-refractivity contribution < 1.29 is 9.90 Å². The first-order valence-electron chi connectivity index (χ1n) is 7.69. The fraction of sp³-hybridized carbons (Fsp3) is 0.412. The van der Waals surface area contributed by atoms with Crippen LogP contribution in [-0.4, -0.2) is 54.2 Å². The molecular weight excluding hydrogens is 278 g/mol. The predicted octanol–water partition coefficient (Wildman–Crippen LogP) is 2.25. The fourth-order valence-electron chi connectivity index (χ4n) is 2.85. The fourth-order valence-corrected chi connectivity index (χ4v) is 2.85. The minimum absolute atomic E-state index is 0.297. The Balaban J connectivity index is 2.08. The topological polar surface area (TPSA) is 56.7 Å². The summed E-state index contributed by atoms with van der Waals surface area (Å²) < 4.78 is 0. The molecule has 0 unspecified atom stereocenters. The molecule has 1 N–H and O–H groups in total. The molecule has 5 nitrogen and oxygen atoms in total. The highest BCUT2D eigenvalue weighted by atomic mass is 16.4. The molecule has 5 heteroatoms. The Hall–Kier alpha value is -2.14. The molecule has 3 rings (SSSR count). The van der Waals surface area contributed by atoms with Crippen LogP contribution in [0.3, 0.4) is 0 Å². The van der Waals surface area contributed by atoms with Crippen LogP contribution < -0.4 is 4.90 Å². The van der Waals surface area contributed by atoms with Gasteiger partial charge in [0.1, 0.15) is 11.4 Å². The van der Waals surface area contributed by atoms with E-state index < -0.39 is 5.97 Å². The molecule has 1 aliphatic heterocycles. The van der Waals surface area contributed by atoms with Crippen LogP contribution in [0.5, 0.6) is 0 Å². The van der Waals surface area contributed by atoms with Gasteiger partial charge in [-0.1, -0.05) is 13.0 Å². The summed E-state index contributed by atoms with van der Waals surface area (Å²) in [4.78, 5) is 20.6. The molecule has 0 bridgehead atoms. The lowest BCUT2D eigenvalue weighted by Crippen LogP contribution is -2.45. The quantitative estimate of drug-likeness (QED) is 0.942. The zero-order valence-electron chi connectivity index (χ0n) is 13.0. The summed E-state index contributed by atoms with van der Waals surface area (Å²) >= 11 is 0. The number of piperazine rings is 1. The number of hydrogen-bond donors (Lipinski definition) is 1. The molecule has 1 aromatic heterocycles. The lowest BCUT2D eigenvalue weighted by Gasteiger charge is -2.34. The zero-order valence-corrected chi connectivity index (χ0v) is 13.0. The molecule has 0 amide bonds. The number of carbonyl (C=O) groups is 1. The summed E-state index contributed by atoms with van der Waals surface area (Å²) in [5.41, 5.74) is 2.35. The van der Waals surface area contributed by atoms with Gasteiger partial charge in [0.25, 0.3) is 0 Å². The first-order valence-corrected chi connectivity index (χ1v) is 7.69. The summed E-state index contributed by atoms with van der Waals surface area (Å²) in [6, 6.07) is 7.84. The average Bonchev–Trinajstić information content (AvgIpc) is 2.53. The van der Waals surface area contributed by atoms with Gasteiger partial charge in [-0.3, -0.25) is 0 Å². The van der Waals surface area contributed by atoms with Gasteiger partial charge in [0.15, 0.2) is 0 Å². The molecule has 116 valence electrons. The Morgan fingerprint density at radius 2 is 1.95 bits per heavy atom. The second-order valence-electron chi connectivity index (χ2n) is 5.84. The molecule has 0 atom stereocenters. The maximum absolute atomic E-state index is 11.6. The van der Waals surface area contributed by atoms with Gasteiger partial charge in [0.2, 0.25) is 0 Å². The van der Waals surface area contributed by atoms with Gasteiger partial charge in [-0.2, -0.15) is 0 Å². The smallest absolute Gasteiger partial charge is 0.339 e. The van der Waals surface area contributed by atoms with E-state index in [0.717, 1.165) is 43.5 Å². The molecule has 0 radical (unpaired) electrons. The SMILES string of the molecule is CCc1ccc2nc(N3CCN(C)CC3)c(C(=O)O)cc2c1. The molecule has 1 saturated heterocycles. The number of likely N-dealkylation sites (N-methyl/N-ethyl adjacent to an activating group) is 1. The third kappa shape index (κ3) is 2.76. The first-order chi connectivity index (χ1) is 10.6. The Bertz CT molecular complexity index is 706. The van der Waals surface area contributed by atoms with Crippen molar-refractivity contribution in [3.8, 4) is 0 Å². The first kappa shape index (κ1) is 14.8. The van der Waals surface area contributed by atoms with Crippen molar-refractivity contribution in [3.63, 3.8) is 0 Å². The Morgan fingerprint density at radius 3 is 2.59 bits per heavy atom. The number of nitrogens with zero attached hydrogens (tertiary/aromatic N) is 3. The maximum atomic E-state index is 11.6. The zero-order chi connectivity index (χ0) is 15.7. The lowest BCUT2D eigenvalue weighted by atomic mass is 10.1. The van der Waals surface area contributed by atoms with Crippen molar-refractivity contribution in [3.05, 3.63) is 35.4 Å². The minimum atomic E-state index is -0.912. The summed E-state index contributed by atoms with van der Waals surface area (Å²) in [6.07, 6.45) is 0.929. The molecule has 22 heavy (non-hydrogen) atoms. The van der Waals surface area contributed by atoms with Crippen LogP contribution >= 0.6 is 0 Å². The Kier molecular flexibility index (Phi) is 3.98. The van der Waals surface area contributed by atoms with E-state index in [9.17, 15) is 9.90 Å². The third-order valence-corrected chi connectivity index (χ3v) is 4.30. The van der Waals surface area contributed by atoms with Crippen LogP contribution in [0.15, 0.2) is 24.3 Å². The van der Waals surface area contributed by atoms with E-state index in [1.165, 1.54) is 5.56 Å². The lowest BCUT2D eigenvalue weighted by molar-refractivity contribution is 0.0697. The highest BCUT2D eigenvalue weighted by Gasteiger charge is 2.22. The number of aromatic carboxylic acids is 1. The molecule has 1 aromatic carbocycles. The Labute approximate surface area is 130 Å². The summed E-state index contributed by atoms with van der Waals surface area (Å²) in [6.45, 7) is 5.55. The average molecular weight is 299 g/mol. The molecule has 1 aliphatic rings. The number of aryl methyl sites for hydroxylation is 1. The van der Waals surface area contributed by atoms with Crippen molar-refractivity contribution in [1.82, 2.24) is 9.88 Å². The van der Waals surface area contributed by atoms with E-state index in [1.807, 2.05) is 12.1 Å². The Morgan fingerprint density at radius 1 is 1.23 bits per heavy atom. The highest BCUT2D eigenvalue weighted by molar-refractivity contribution is 5.98. The van der Waals surface area contributed by atoms with Crippen LogP contribution in [0.1, 0.15) is 22.8 Å². The van der Waals surface area contributed by atoms with Crippen LogP contribution in [0, 0.1) is 0 Å². The van der Waals surface area contributed by atoms with Crippen molar-refractivity contribution in [2.45, 2.75) is 13.3 Å². The number of anilines is 1. The molecule has 1 fully saturated rings. The molecule has 2 heterocycles. The van der Waals surface area contributed by atoms with Crippen LogP contribution in [0.4, 0.5) is 5.82 Å². The van der Waals surface area contributed by atoms with Crippen molar-refractivity contribution in [2.24, 2.45) is 0 Å². The summed E-state index contributed by atoms with van der Waals surface area (Å²) in [5.74, 6) is -0.317. The number of rotatable bonds is 3. The predicted molar refractivity (Wildman–Crippen MR) is 87.8 cm³/mol. The number of hydrogen-bond acceptors (Lipinski definition) is 4. The van der Waals surface area contributed by atoms with Crippen LogP contribution in [0.25, 0.3) is 10.9 Å². The van der Waals surface area contributed by atoms with Crippen molar-refractivity contribution in [2.75, 3.05) is 38.1 Å². The maximum Gasteiger partial charge on any atom is 0.339 e. The molecule has 2 aromatic rings. The van der Waals surface area contributed by atoms with Gasteiger partial charge < -0.3 is 14.9 Å². The highest BCUT2D eigenvalue weighted by Crippen LogP contribution is 2.25. The standard InChI is InChI=1S/C17H21N3O2/c1-3-12-4-5-15-13(10-12)11-14(17(21)22)16(18-15)20-8-6-19(2)7-9-20/h4-5,10-11H,3,6-9H2,1-2H3,(H,21,22). The van der Waals surface area contributed by atoms with E-state index >= 15 is 0 Å². The van der Waals surface area contributed by atoms with Crippen LogP contribution in [0.2, 0.25) is 0 Å². The van der Waals surface area contributed by atoms with Gasteiger partial charge in [-0.25, -0.2) is 9.78 Å². The summed E-state index contributed by atoms with van der Waals surface area (Å²) in [7, 11) is 2.08. The van der Waals surface area contributed by atoms with E-state index in [0.29, 0.717) is 11.4 Å². The largest absolute Gasteiger partial charge is 0.478 e. The minimum Gasteiger partial charge on any atom is -0.478 e. The van der Waals surface area contributed by atoms with E-state index in [-0.39, 0.29) is 0 Å². The number of carboxylic acid groups (broad SMARTS) is 1. The van der Waals surface area contributed by atoms with Gasteiger partial charge >= 0.3 is 5.97 Å². The van der Waals surface area contributed by atoms with Gasteiger partial charge in [0, 0.05) is 31.6 Å². The molecule has 0 spiro atoms. The normalized spacial score (nSPS) is 16.2. The number of pyridine rings is 1. The summed E-state index contributed by atoms with van der Waals surface area (Å²) in [5, 5.41) is 10.5. The second kappa shape index (κ2) is 5.93. The van der Waals surface area contributed by atoms with Crippen molar-refractivity contribution in [1.29, 1.82) is 0 Å². The van der Waals surface area contributed by atoms with E-state index in [1.54, 1.807) is 6.07 Å². The van der Waals surface area contributed by atoms with Crippen molar-refractivity contribution >= 4 is 22.7 Å². The van der Waals surface area contributed by atoms with E-state index in [2.05, 4.69) is 34.8 Å². The van der Waals surface area contributed by atoms with Gasteiger partial charge in [-0.15, -0.1) is 0 Å². The number of benzene rings is 1. The molecule has 0 saturated carbocycles. The number of carboxylic acids is 1. The van der Waals surface area contributed by atoms with E-state index in [4.69, 9.17) is 0 Å².